The van der Waals surface area contributed by atoms with E-state index in [2.05, 4.69) is 20.2 Å². The Hall–Kier alpha value is -3.22. The fourth-order valence-corrected chi connectivity index (χ4v) is 3.11. The SMILES string of the molecule is Cc1cc(Oc2ccccc2)nc(C2CCN(C(=O)c3ccn[nH]3)C2)n1. The molecule has 1 N–H and O–H groups in total. The summed E-state index contributed by atoms with van der Waals surface area (Å²) in [6.07, 6.45) is 2.41. The van der Waals surface area contributed by atoms with E-state index in [0.29, 0.717) is 24.7 Å². The average molecular weight is 349 g/mol. The van der Waals surface area contributed by atoms with Gasteiger partial charge < -0.3 is 9.64 Å². The number of amides is 1. The number of hydrogen-bond donors (Lipinski definition) is 1. The zero-order valence-electron chi connectivity index (χ0n) is 14.4. The molecule has 0 aliphatic carbocycles. The summed E-state index contributed by atoms with van der Waals surface area (Å²) < 4.78 is 5.85. The summed E-state index contributed by atoms with van der Waals surface area (Å²) in [7, 11) is 0. The van der Waals surface area contributed by atoms with E-state index >= 15 is 0 Å². The average Bonchev–Trinajstić information content (AvgIpc) is 3.34. The predicted molar refractivity (Wildman–Crippen MR) is 95.1 cm³/mol. The minimum atomic E-state index is -0.0431. The number of para-hydroxylation sites is 1. The number of likely N-dealkylation sites (tertiary alicyclic amines) is 1. The van der Waals surface area contributed by atoms with Gasteiger partial charge in [-0.3, -0.25) is 9.89 Å². The highest BCUT2D eigenvalue weighted by Crippen LogP contribution is 2.28. The van der Waals surface area contributed by atoms with Crippen LogP contribution < -0.4 is 4.74 Å². The maximum atomic E-state index is 12.4. The number of aryl methyl sites for hydroxylation is 1. The molecule has 1 unspecified atom stereocenters. The molecule has 1 atom stereocenters. The lowest BCUT2D eigenvalue weighted by Gasteiger charge is -2.15. The van der Waals surface area contributed by atoms with Crippen LogP contribution >= 0.6 is 0 Å². The van der Waals surface area contributed by atoms with Crippen molar-refractivity contribution in [3.05, 3.63) is 65.9 Å². The normalized spacial score (nSPS) is 16.7. The molecule has 1 aliphatic heterocycles. The summed E-state index contributed by atoms with van der Waals surface area (Å²) in [5.74, 6) is 2.03. The van der Waals surface area contributed by atoms with Crippen molar-refractivity contribution < 1.29 is 9.53 Å². The van der Waals surface area contributed by atoms with E-state index in [1.54, 1.807) is 12.3 Å². The number of carbonyl (C=O) groups is 1. The summed E-state index contributed by atoms with van der Waals surface area (Å²) in [6.45, 7) is 3.19. The van der Waals surface area contributed by atoms with Crippen molar-refractivity contribution in [2.45, 2.75) is 19.3 Å². The van der Waals surface area contributed by atoms with Crippen LogP contribution in [0.25, 0.3) is 0 Å². The van der Waals surface area contributed by atoms with E-state index in [1.807, 2.05) is 48.2 Å². The topological polar surface area (TPSA) is 84.0 Å². The summed E-state index contributed by atoms with van der Waals surface area (Å²) in [5.41, 5.74) is 1.35. The summed E-state index contributed by atoms with van der Waals surface area (Å²) >= 11 is 0. The third kappa shape index (κ3) is 3.42. The first-order chi connectivity index (χ1) is 12.7. The van der Waals surface area contributed by atoms with E-state index < -0.39 is 0 Å². The van der Waals surface area contributed by atoms with Crippen LogP contribution in [0.1, 0.15) is 34.3 Å². The van der Waals surface area contributed by atoms with E-state index in [0.717, 1.165) is 23.7 Å². The summed E-state index contributed by atoms with van der Waals surface area (Å²) in [4.78, 5) is 23.4. The summed E-state index contributed by atoms with van der Waals surface area (Å²) in [6, 6.07) is 13.0. The van der Waals surface area contributed by atoms with Gasteiger partial charge in [0, 0.05) is 37.0 Å². The van der Waals surface area contributed by atoms with Crippen LogP contribution in [0.3, 0.4) is 0 Å². The highest BCUT2D eigenvalue weighted by atomic mass is 16.5. The molecule has 1 fully saturated rings. The second-order valence-electron chi connectivity index (χ2n) is 6.33. The van der Waals surface area contributed by atoms with Gasteiger partial charge in [0.05, 0.1) is 0 Å². The van der Waals surface area contributed by atoms with Crippen molar-refractivity contribution in [3.8, 4) is 11.6 Å². The zero-order valence-corrected chi connectivity index (χ0v) is 14.4. The molecule has 1 saturated heterocycles. The highest BCUT2D eigenvalue weighted by molar-refractivity contribution is 5.92. The van der Waals surface area contributed by atoms with Crippen LogP contribution in [0.5, 0.6) is 11.6 Å². The van der Waals surface area contributed by atoms with Crippen LogP contribution in [0.4, 0.5) is 0 Å². The van der Waals surface area contributed by atoms with Gasteiger partial charge in [-0.15, -0.1) is 0 Å². The van der Waals surface area contributed by atoms with Crippen LogP contribution in [-0.4, -0.2) is 44.1 Å². The molecule has 3 heterocycles. The van der Waals surface area contributed by atoms with Crippen molar-refractivity contribution in [2.24, 2.45) is 0 Å². The van der Waals surface area contributed by atoms with Gasteiger partial charge in [-0.1, -0.05) is 18.2 Å². The molecule has 1 aliphatic rings. The molecule has 2 aromatic heterocycles. The monoisotopic (exact) mass is 349 g/mol. The Kier molecular flexibility index (Phi) is 4.35. The highest BCUT2D eigenvalue weighted by Gasteiger charge is 2.30. The van der Waals surface area contributed by atoms with Gasteiger partial charge in [0.1, 0.15) is 17.3 Å². The fourth-order valence-electron chi connectivity index (χ4n) is 3.11. The second kappa shape index (κ2) is 6.95. The number of benzene rings is 1. The van der Waals surface area contributed by atoms with E-state index in [9.17, 15) is 4.79 Å². The number of aromatic nitrogens is 4. The molecular formula is C19H19N5O2. The lowest BCUT2D eigenvalue weighted by Crippen LogP contribution is -2.29. The van der Waals surface area contributed by atoms with Gasteiger partial charge in [-0.25, -0.2) is 4.98 Å². The first-order valence-electron chi connectivity index (χ1n) is 8.56. The standard InChI is InChI=1S/C19H19N5O2/c1-13-11-17(26-15-5-3-2-4-6-15)22-18(21-13)14-8-10-24(12-14)19(25)16-7-9-20-23-16/h2-7,9,11,14H,8,10,12H2,1H3,(H,20,23). The minimum Gasteiger partial charge on any atom is -0.439 e. The first kappa shape index (κ1) is 16.3. The Balaban J connectivity index is 1.50. The minimum absolute atomic E-state index is 0.0431. The Bertz CT molecular complexity index is 896. The molecule has 0 radical (unpaired) electrons. The molecule has 0 spiro atoms. The van der Waals surface area contributed by atoms with Gasteiger partial charge >= 0.3 is 0 Å². The molecule has 3 aromatic rings. The van der Waals surface area contributed by atoms with Gasteiger partial charge in [0.2, 0.25) is 5.88 Å². The van der Waals surface area contributed by atoms with Crippen LogP contribution in [0, 0.1) is 6.92 Å². The molecule has 4 rings (SSSR count). The van der Waals surface area contributed by atoms with Crippen molar-refractivity contribution in [1.82, 2.24) is 25.1 Å². The van der Waals surface area contributed by atoms with Crippen LogP contribution in [-0.2, 0) is 0 Å². The zero-order chi connectivity index (χ0) is 17.9. The molecule has 1 aromatic carbocycles. The van der Waals surface area contributed by atoms with Gasteiger partial charge in [-0.2, -0.15) is 10.1 Å². The smallest absolute Gasteiger partial charge is 0.271 e. The number of ether oxygens (including phenoxy) is 1. The Morgan fingerprint density at radius 3 is 2.85 bits per heavy atom. The largest absolute Gasteiger partial charge is 0.439 e. The number of aromatic amines is 1. The molecular weight excluding hydrogens is 330 g/mol. The third-order valence-corrected chi connectivity index (χ3v) is 4.39. The Morgan fingerprint density at radius 1 is 1.23 bits per heavy atom. The fraction of sp³-hybridized carbons (Fsp3) is 0.263. The van der Waals surface area contributed by atoms with Crippen molar-refractivity contribution >= 4 is 5.91 Å². The van der Waals surface area contributed by atoms with Gasteiger partial charge in [0.25, 0.3) is 5.91 Å². The van der Waals surface area contributed by atoms with E-state index in [1.165, 1.54) is 0 Å². The molecule has 0 saturated carbocycles. The van der Waals surface area contributed by atoms with E-state index in [-0.39, 0.29) is 11.8 Å². The molecule has 132 valence electrons. The second-order valence-corrected chi connectivity index (χ2v) is 6.33. The number of hydrogen-bond acceptors (Lipinski definition) is 5. The molecule has 0 bridgehead atoms. The number of rotatable bonds is 4. The van der Waals surface area contributed by atoms with Gasteiger partial charge in [0.15, 0.2) is 0 Å². The number of nitrogens with one attached hydrogen (secondary N) is 1. The maximum absolute atomic E-state index is 12.4. The third-order valence-electron chi connectivity index (χ3n) is 4.39. The van der Waals surface area contributed by atoms with Crippen molar-refractivity contribution in [2.75, 3.05) is 13.1 Å². The molecule has 7 heteroatoms. The molecule has 1 amide bonds. The number of carbonyl (C=O) groups excluding carboxylic acids is 1. The maximum Gasteiger partial charge on any atom is 0.271 e. The quantitative estimate of drug-likeness (QED) is 0.783. The van der Waals surface area contributed by atoms with Crippen LogP contribution in [0.2, 0.25) is 0 Å². The van der Waals surface area contributed by atoms with E-state index in [4.69, 9.17) is 4.74 Å². The van der Waals surface area contributed by atoms with Crippen molar-refractivity contribution in [1.29, 1.82) is 0 Å². The van der Waals surface area contributed by atoms with Crippen LogP contribution in [0.15, 0.2) is 48.7 Å². The molecule has 7 nitrogen and oxygen atoms in total. The lowest BCUT2D eigenvalue weighted by atomic mass is 10.1. The van der Waals surface area contributed by atoms with Gasteiger partial charge in [-0.05, 0) is 31.5 Å². The number of nitrogens with zero attached hydrogens (tertiary/aromatic N) is 4. The lowest BCUT2D eigenvalue weighted by molar-refractivity contribution is 0.0784. The Morgan fingerprint density at radius 2 is 2.08 bits per heavy atom. The summed E-state index contributed by atoms with van der Waals surface area (Å²) in [5, 5.41) is 6.56. The van der Waals surface area contributed by atoms with Crippen molar-refractivity contribution in [3.63, 3.8) is 0 Å². The number of H-pyrrole nitrogens is 1. The first-order valence-corrected chi connectivity index (χ1v) is 8.56. The predicted octanol–water partition coefficient (Wildman–Crippen LogP) is 2.93. The molecule has 26 heavy (non-hydrogen) atoms. The Labute approximate surface area is 151 Å².